The summed E-state index contributed by atoms with van der Waals surface area (Å²) in [5.74, 6) is 2.36. The second kappa shape index (κ2) is 4.83. The van der Waals surface area contributed by atoms with Crippen molar-refractivity contribution in [1.82, 2.24) is 4.98 Å². The number of alkyl halides is 1. The van der Waals surface area contributed by atoms with E-state index in [9.17, 15) is 0 Å². The van der Waals surface area contributed by atoms with Gasteiger partial charge in [-0.15, -0.1) is 22.9 Å². The molecule has 2 heterocycles. The zero-order chi connectivity index (χ0) is 11.7. The van der Waals surface area contributed by atoms with Crippen LogP contribution in [0.4, 0.5) is 5.82 Å². The normalized spacial score (nSPS) is 24.3. The molecule has 2 aromatic heterocycles. The number of aromatic nitrogens is 1. The van der Waals surface area contributed by atoms with Gasteiger partial charge in [-0.25, -0.2) is 4.98 Å². The maximum atomic E-state index is 6.01. The molecule has 90 valence electrons. The van der Waals surface area contributed by atoms with Crippen LogP contribution in [0.5, 0.6) is 0 Å². The van der Waals surface area contributed by atoms with Gasteiger partial charge in [0, 0.05) is 28.2 Å². The molecule has 0 aliphatic heterocycles. The molecule has 2 aromatic rings. The van der Waals surface area contributed by atoms with Crippen LogP contribution in [0.15, 0.2) is 23.7 Å². The van der Waals surface area contributed by atoms with E-state index in [1.165, 1.54) is 29.3 Å². The molecule has 0 spiro atoms. The Hall–Kier alpha value is -0.800. The lowest BCUT2D eigenvalue weighted by molar-refractivity contribution is 0.561. The van der Waals surface area contributed by atoms with Crippen LogP contribution in [0.1, 0.15) is 19.3 Å². The van der Waals surface area contributed by atoms with Gasteiger partial charge in [0.15, 0.2) is 0 Å². The van der Waals surface area contributed by atoms with Gasteiger partial charge < -0.3 is 5.32 Å². The molecule has 0 bridgehead atoms. The van der Waals surface area contributed by atoms with Crippen LogP contribution in [0.25, 0.3) is 10.1 Å². The summed E-state index contributed by atoms with van der Waals surface area (Å²) in [4.78, 5) is 4.46. The highest BCUT2D eigenvalue weighted by atomic mass is 35.5. The smallest absolute Gasteiger partial charge is 0.134 e. The van der Waals surface area contributed by atoms with E-state index in [0.717, 1.165) is 11.7 Å². The summed E-state index contributed by atoms with van der Waals surface area (Å²) in [7, 11) is 0. The highest BCUT2D eigenvalue weighted by molar-refractivity contribution is 7.17. The molecule has 0 amide bonds. The lowest BCUT2D eigenvalue weighted by atomic mass is 10.1. The van der Waals surface area contributed by atoms with Gasteiger partial charge in [0.05, 0.1) is 0 Å². The van der Waals surface area contributed by atoms with Crippen molar-refractivity contribution in [3.63, 3.8) is 0 Å². The second-order valence-electron chi connectivity index (χ2n) is 4.59. The minimum atomic E-state index is 0.491. The molecule has 2 nitrogen and oxygen atoms in total. The minimum Gasteiger partial charge on any atom is -0.366 e. The summed E-state index contributed by atoms with van der Waals surface area (Å²) in [5, 5.41) is 6.93. The van der Waals surface area contributed by atoms with Crippen molar-refractivity contribution in [2.45, 2.75) is 25.3 Å². The fraction of sp³-hybridized carbons (Fsp3) is 0.462. The van der Waals surface area contributed by atoms with Crippen molar-refractivity contribution in [2.75, 3.05) is 11.2 Å². The fourth-order valence-electron chi connectivity index (χ4n) is 2.60. The van der Waals surface area contributed by atoms with E-state index < -0.39 is 0 Å². The Morgan fingerprint density at radius 2 is 2.35 bits per heavy atom. The van der Waals surface area contributed by atoms with Crippen molar-refractivity contribution in [3.05, 3.63) is 23.7 Å². The highest BCUT2D eigenvalue weighted by Crippen LogP contribution is 2.32. The summed E-state index contributed by atoms with van der Waals surface area (Å²) in [6.07, 6.45) is 5.60. The van der Waals surface area contributed by atoms with E-state index in [1.807, 2.05) is 6.20 Å². The molecular formula is C13H15ClN2S. The molecule has 0 saturated heterocycles. The molecular weight excluding hydrogens is 252 g/mol. The third-order valence-electron chi connectivity index (χ3n) is 3.56. The Labute approximate surface area is 110 Å². The third-order valence-corrected chi connectivity index (χ3v) is 4.84. The minimum absolute atomic E-state index is 0.491. The van der Waals surface area contributed by atoms with Crippen LogP contribution in [0.2, 0.25) is 0 Å². The molecule has 3 rings (SSSR count). The van der Waals surface area contributed by atoms with E-state index in [1.54, 1.807) is 11.3 Å². The molecule has 0 aromatic carbocycles. The number of halogens is 1. The summed E-state index contributed by atoms with van der Waals surface area (Å²) in [6, 6.07) is 4.70. The van der Waals surface area contributed by atoms with Gasteiger partial charge in [0.1, 0.15) is 5.82 Å². The van der Waals surface area contributed by atoms with Crippen molar-refractivity contribution >= 4 is 38.8 Å². The number of rotatable bonds is 3. The lowest BCUT2D eigenvalue weighted by Crippen LogP contribution is -2.25. The predicted molar refractivity (Wildman–Crippen MR) is 75.1 cm³/mol. The largest absolute Gasteiger partial charge is 0.366 e. The van der Waals surface area contributed by atoms with Gasteiger partial charge in [-0.1, -0.05) is 6.42 Å². The van der Waals surface area contributed by atoms with E-state index in [2.05, 4.69) is 27.8 Å². The maximum absolute atomic E-state index is 6.01. The Kier molecular flexibility index (Phi) is 3.21. The maximum Gasteiger partial charge on any atom is 0.134 e. The first-order valence-corrected chi connectivity index (χ1v) is 7.44. The van der Waals surface area contributed by atoms with Gasteiger partial charge >= 0.3 is 0 Å². The number of fused-ring (bicyclic) bond motifs is 1. The predicted octanol–water partition coefficient (Wildman–Crippen LogP) is 4.12. The zero-order valence-corrected chi connectivity index (χ0v) is 11.1. The van der Waals surface area contributed by atoms with Crippen LogP contribution >= 0.6 is 22.9 Å². The van der Waals surface area contributed by atoms with Crippen LogP contribution in [-0.4, -0.2) is 16.9 Å². The Morgan fingerprint density at radius 3 is 3.24 bits per heavy atom. The molecule has 1 N–H and O–H groups in total. The number of thiophene rings is 1. The van der Waals surface area contributed by atoms with Crippen molar-refractivity contribution in [2.24, 2.45) is 5.92 Å². The zero-order valence-electron chi connectivity index (χ0n) is 9.53. The average molecular weight is 267 g/mol. The summed E-state index contributed by atoms with van der Waals surface area (Å²) >= 11 is 7.77. The first kappa shape index (κ1) is 11.3. The molecule has 17 heavy (non-hydrogen) atoms. The van der Waals surface area contributed by atoms with Gasteiger partial charge in [-0.05, 0) is 36.3 Å². The molecule has 1 aliphatic rings. The second-order valence-corrected chi connectivity index (χ2v) is 5.84. The topological polar surface area (TPSA) is 24.9 Å². The van der Waals surface area contributed by atoms with Crippen LogP contribution in [0.3, 0.4) is 0 Å². The first-order valence-electron chi connectivity index (χ1n) is 6.03. The highest BCUT2D eigenvalue weighted by Gasteiger charge is 2.26. The third kappa shape index (κ3) is 2.14. The molecule has 0 radical (unpaired) electrons. The molecule has 1 fully saturated rings. The number of anilines is 1. The van der Waals surface area contributed by atoms with E-state index in [-0.39, 0.29) is 0 Å². The Bertz CT molecular complexity index is 511. The summed E-state index contributed by atoms with van der Waals surface area (Å²) in [6.45, 7) is 0. The molecule has 2 unspecified atom stereocenters. The van der Waals surface area contributed by atoms with Crippen LogP contribution in [-0.2, 0) is 0 Å². The lowest BCUT2D eigenvalue weighted by Gasteiger charge is -2.19. The Morgan fingerprint density at radius 1 is 1.41 bits per heavy atom. The number of hydrogen-bond donors (Lipinski definition) is 1. The van der Waals surface area contributed by atoms with Gasteiger partial charge in [-0.2, -0.15) is 0 Å². The summed E-state index contributed by atoms with van der Waals surface area (Å²) in [5.41, 5.74) is 0. The monoisotopic (exact) mass is 266 g/mol. The number of nitrogens with one attached hydrogen (secondary N) is 1. The molecule has 1 aliphatic carbocycles. The van der Waals surface area contributed by atoms with Gasteiger partial charge in [-0.3, -0.25) is 0 Å². The number of pyridine rings is 1. The number of hydrogen-bond acceptors (Lipinski definition) is 3. The SMILES string of the molecule is ClCC1CCCC1Nc1nccc2sccc12. The van der Waals surface area contributed by atoms with Crippen molar-refractivity contribution < 1.29 is 0 Å². The van der Waals surface area contributed by atoms with Crippen molar-refractivity contribution in [3.8, 4) is 0 Å². The van der Waals surface area contributed by atoms with Crippen molar-refractivity contribution in [1.29, 1.82) is 0 Å². The quantitative estimate of drug-likeness (QED) is 0.846. The standard InChI is InChI=1S/C13H15ClN2S/c14-8-9-2-1-3-11(9)16-13-10-5-7-17-12(10)4-6-15-13/h4-7,9,11H,1-3,8H2,(H,15,16). The molecule has 1 saturated carbocycles. The van der Waals surface area contributed by atoms with Crippen LogP contribution < -0.4 is 5.32 Å². The first-order chi connectivity index (χ1) is 8.38. The fourth-order valence-corrected chi connectivity index (χ4v) is 3.75. The van der Waals surface area contributed by atoms with E-state index >= 15 is 0 Å². The molecule has 2 atom stereocenters. The average Bonchev–Trinajstić information content (AvgIpc) is 2.97. The van der Waals surface area contributed by atoms with Gasteiger partial charge in [0.25, 0.3) is 0 Å². The Balaban J connectivity index is 1.87. The van der Waals surface area contributed by atoms with E-state index in [4.69, 9.17) is 11.6 Å². The number of nitrogens with zero attached hydrogens (tertiary/aromatic N) is 1. The van der Waals surface area contributed by atoms with E-state index in [0.29, 0.717) is 12.0 Å². The van der Waals surface area contributed by atoms with Crippen LogP contribution in [0, 0.1) is 5.92 Å². The summed E-state index contributed by atoms with van der Waals surface area (Å²) < 4.78 is 1.29. The molecule has 4 heteroatoms. The van der Waals surface area contributed by atoms with Gasteiger partial charge in [0.2, 0.25) is 0 Å².